The highest BCUT2D eigenvalue weighted by atomic mass is 19.4. The van der Waals surface area contributed by atoms with Crippen LogP contribution in [0.4, 0.5) is 26.3 Å². The molecule has 10 N–H and O–H groups in total. The second-order valence-electron chi connectivity index (χ2n) is 22.7. The first kappa shape index (κ1) is 77.3. The van der Waals surface area contributed by atoms with Gasteiger partial charge in [-0.05, 0) is 83.7 Å². The number of halogens is 6. The number of carboxylic acids is 2. The lowest BCUT2D eigenvalue weighted by Crippen LogP contribution is -2.60. The molecule has 3 rings (SSSR count). The summed E-state index contributed by atoms with van der Waals surface area (Å²) >= 11 is 0. The van der Waals surface area contributed by atoms with E-state index in [0.717, 1.165) is 0 Å². The van der Waals surface area contributed by atoms with Crippen molar-refractivity contribution in [3.63, 3.8) is 0 Å². The van der Waals surface area contributed by atoms with Crippen LogP contribution >= 0.6 is 0 Å². The van der Waals surface area contributed by atoms with Crippen LogP contribution in [0.2, 0.25) is 0 Å². The predicted molar refractivity (Wildman–Crippen MR) is 297 cm³/mol. The van der Waals surface area contributed by atoms with Crippen LogP contribution in [-0.2, 0) is 57.3 Å². The van der Waals surface area contributed by atoms with E-state index in [9.17, 15) is 64.7 Å². The normalized spacial score (nSPS) is 19.8. The molecule has 0 spiro atoms. The molecule has 2 saturated heterocycles. The number of hydrogen-bond acceptors (Lipinski definition) is 16. The molecule has 0 aromatic heterocycles. The van der Waals surface area contributed by atoms with Gasteiger partial charge in [0.1, 0.15) is 24.2 Å². The third-order valence-electron chi connectivity index (χ3n) is 14.0. The molecular weight excluding hydrogens is 1160 g/mol. The van der Waals surface area contributed by atoms with Gasteiger partial charge in [-0.25, -0.2) is 9.59 Å². The number of amides is 8. The van der Waals surface area contributed by atoms with Crippen LogP contribution in [0, 0.1) is 10.8 Å². The second kappa shape index (κ2) is 34.0. The van der Waals surface area contributed by atoms with Gasteiger partial charge >= 0.3 is 24.3 Å². The molecule has 2 aliphatic rings. The Bertz CT molecular complexity index is 2320. The molecule has 0 bridgehead atoms. The van der Waals surface area contributed by atoms with E-state index in [1.807, 2.05) is 0 Å². The van der Waals surface area contributed by atoms with Crippen molar-refractivity contribution in [1.29, 1.82) is 0 Å². The second-order valence-corrected chi connectivity index (χ2v) is 22.7. The average Bonchev–Trinajstić information content (AvgIpc) is 1.89. The standard InChI is InChI=1S/C50H84N10O12.2C2HF3O2/c1-27(51-11)41(61)57-39(49(5,6)7)47(67)59-23-33(21-37(59)45(65)55-35(25-69-13)29(3)71-15)53-43(63)31-18-17-19-32(20-31)44(64)54-34-22-38(46(66)56-36(26-70-14)30(4)72-16)60(24-34)48(68)40(50(8,9)10)58-42(62)28(2)52-12;2*3-2(4,5)1(6)7/h17-20,27-30,33-40,51-52H,21-26H2,1-16H3,(H,53,63)(H,54,64)(H,55,65)(H,56,66)(H,57,61)(H,58,62);2*(H,6,7)/t27-,28-,29+,30+,33-,34-,35+,36+,37-,38-,39+,40+;;/m0../s1. The number of benzene rings is 1. The molecule has 2 aliphatic heterocycles. The Hall–Kier alpha value is -6.74. The summed E-state index contributed by atoms with van der Waals surface area (Å²) in [6, 6.07) is -2.04. The highest BCUT2D eigenvalue weighted by molar-refractivity contribution is 6.01. The maximum Gasteiger partial charge on any atom is 0.490 e. The van der Waals surface area contributed by atoms with E-state index < -0.39 is 155 Å². The van der Waals surface area contributed by atoms with Gasteiger partial charge in [0.2, 0.25) is 35.4 Å². The molecule has 490 valence electrons. The molecule has 8 amide bonds. The Morgan fingerprint density at radius 2 is 0.860 bits per heavy atom. The lowest BCUT2D eigenvalue weighted by molar-refractivity contribution is -0.193. The number of likely N-dealkylation sites (tertiary alicyclic amines) is 2. The monoisotopic (exact) mass is 1240 g/mol. The van der Waals surface area contributed by atoms with E-state index in [1.54, 1.807) is 83.3 Å². The summed E-state index contributed by atoms with van der Waals surface area (Å²) in [7, 11) is 9.24. The van der Waals surface area contributed by atoms with Gasteiger partial charge in [-0.2, -0.15) is 26.3 Å². The molecule has 0 unspecified atom stereocenters. The first-order valence-corrected chi connectivity index (χ1v) is 27.1. The fraction of sp³-hybridized carbons (Fsp3) is 0.704. The molecular formula is C54H86F6N10O16. The average molecular weight is 1250 g/mol. The van der Waals surface area contributed by atoms with Gasteiger partial charge in [-0.15, -0.1) is 0 Å². The Labute approximate surface area is 496 Å². The van der Waals surface area contributed by atoms with Crippen molar-refractivity contribution in [1.82, 2.24) is 52.3 Å². The van der Waals surface area contributed by atoms with E-state index >= 15 is 0 Å². The molecule has 1 aromatic rings. The molecule has 32 heteroatoms. The van der Waals surface area contributed by atoms with Gasteiger partial charge in [-0.1, -0.05) is 47.6 Å². The Morgan fingerprint density at radius 3 is 1.10 bits per heavy atom. The number of aliphatic carboxylic acids is 2. The van der Waals surface area contributed by atoms with Gasteiger partial charge in [0, 0.05) is 64.7 Å². The molecule has 86 heavy (non-hydrogen) atoms. The van der Waals surface area contributed by atoms with Crippen molar-refractivity contribution < 1.29 is 103 Å². The molecule has 0 radical (unpaired) electrons. The van der Waals surface area contributed by atoms with Crippen LogP contribution < -0.4 is 42.5 Å². The van der Waals surface area contributed by atoms with E-state index in [1.165, 1.54) is 62.5 Å². The third kappa shape index (κ3) is 23.8. The van der Waals surface area contributed by atoms with E-state index in [-0.39, 0.29) is 50.3 Å². The van der Waals surface area contributed by atoms with Crippen molar-refractivity contribution in [2.45, 2.75) is 167 Å². The Balaban J connectivity index is 0.00000234. The number of carboxylic acid groups (broad SMARTS) is 2. The number of likely N-dealkylation sites (N-methyl/N-ethyl adjacent to an activating group) is 2. The predicted octanol–water partition coefficient (Wildman–Crippen LogP) is 0.962. The zero-order valence-corrected chi connectivity index (χ0v) is 51.3. The summed E-state index contributed by atoms with van der Waals surface area (Å²) < 4.78 is 85.1. The quantitative estimate of drug-likeness (QED) is 0.0645. The topological polar surface area (TPSA) is 351 Å². The number of rotatable bonds is 24. The highest BCUT2D eigenvalue weighted by Gasteiger charge is 2.48. The maximum atomic E-state index is 14.5. The number of ether oxygens (including phenoxy) is 4. The molecule has 12 atom stereocenters. The van der Waals surface area contributed by atoms with Crippen molar-refractivity contribution in [3.8, 4) is 0 Å². The molecule has 0 aliphatic carbocycles. The molecule has 2 fully saturated rings. The minimum Gasteiger partial charge on any atom is -0.475 e. The molecule has 26 nitrogen and oxygen atoms in total. The van der Waals surface area contributed by atoms with Crippen LogP contribution in [0.1, 0.15) is 103 Å². The van der Waals surface area contributed by atoms with E-state index in [4.69, 9.17) is 38.7 Å². The molecule has 0 saturated carbocycles. The Morgan fingerprint density at radius 1 is 0.558 bits per heavy atom. The number of alkyl halides is 6. The summed E-state index contributed by atoms with van der Waals surface area (Å²) in [6.45, 7) is 17.8. The molecule has 1 aromatic carbocycles. The first-order valence-electron chi connectivity index (χ1n) is 27.1. The number of carbonyl (C=O) groups is 10. The number of nitrogens with one attached hydrogen (secondary N) is 8. The third-order valence-corrected chi connectivity index (χ3v) is 14.0. The number of methoxy groups -OCH3 is 4. The van der Waals surface area contributed by atoms with Crippen LogP contribution in [0.15, 0.2) is 24.3 Å². The summed E-state index contributed by atoms with van der Waals surface area (Å²) in [5.74, 6) is -9.50. The van der Waals surface area contributed by atoms with Crippen LogP contribution in [0.25, 0.3) is 0 Å². The van der Waals surface area contributed by atoms with Crippen LogP contribution in [-0.4, -0.2) is 233 Å². The van der Waals surface area contributed by atoms with Gasteiger partial charge in [-0.3, -0.25) is 38.4 Å². The Kier molecular flexibility index (Phi) is 30.5. The summed E-state index contributed by atoms with van der Waals surface area (Å²) in [6.07, 6.45) is -11.0. The SMILES string of the molecule is CN[C@@H](C)C(=O)N[C@H](C(=O)N1C[C@@H](NC(=O)c2cccc(C(=O)N[C@H]3C[C@@H](C(=O)N[C@H](COC)[C@@H](C)OC)N(C(=O)[C@@H](NC(=O)[C@H](C)NC)C(C)(C)C)C3)c2)C[C@H]1C(=O)N[C@H](COC)[C@@H](C)OC)C(C)(C)C.O=C(O)C(F)(F)F.O=C(O)C(F)(F)F. The maximum absolute atomic E-state index is 14.5. The van der Waals surface area contributed by atoms with Crippen LogP contribution in [0.5, 0.6) is 0 Å². The number of nitrogens with zero attached hydrogens (tertiary/aromatic N) is 2. The van der Waals surface area contributed by atoms with Gasteiger partial charge in [0.15, 0.2) is 0 Å². The van der Waals surface area contributed by atoms with Crippen molar-refractivity contribution in [2.24, 2.45) is 10.8 Å². The van der Waals surface area contributed by atoms with Crippen molar-refractivity contribution >= 4 is 59.2 Å². The van der Waals surface area contributed by atoms with Crippen molar-refractivity contribution in [3.05, 3.63) is 35.4 Å². The highest BCUT2D eigenvalue weighted by Crippen LogP contribution is 2.29. The van der Waals surface area contributed by atoms with Crippen molar-refractivity contribution in [2.75, 3.05) is 68.8 Å². The van der Waals surface area contributed by atoms with Gasteiger partial charge in [0.25, 0.3) is 11.8 Å². The van der Waals surface area contributed by atoms with Crippen LogP contribution in [0.3, 0.4) is 0 Å². The lowest BCUT2D eigenvalue weighted by atomic mass is 9.85. The fourth-order valence-corrected chi connectivity index (χ4v) is 8.46. The van der Waals surface area contributed by atoms with Gasteiger partial charge < -0.3 is 81.5 Å². The van der Waals surface area contributed by atoms with E-state index in [2.05, 4.69) is 42.5 Å². The smallest absolute Gasteiger partial charge is 0.475 e. The minimum atomic E-state index is -5.08. The summed E-state index contributed by atoms with van der Waals surface area (Å²) in [5, 5.41) is 37.5. The molecule has 2 heterocycles. The fourth-order valence-electron chi connectivity index (χ4n) is 8.46. The zero-order valence-electron chi connectivity index (χ0n) is 51.3. The summed E-state index contributed by atoms with van der Waals surface area (Å²) in [5.41, 5.74) is -1.33. The minimum absolute atomic E-state index is 0.0266. The zero-order chi connectivity index (χ0) is 66.6. The van der Waals surface area contributed by atoms with E-state index in [0.29, 0.717) is 0 Å². The first-order chi connectivity index (χ1) is 39.5. The number of hydrogen-bond donors (Lipinski definition) is 10. The van der Waals surface area contributed by atoms with Gasteiger partial charge in [0.05, 0.1) is 49.6 Å². The number of carbonyl (C=O) groups excluding carboxylic acids is 8. The summed E-state index contributed by atoms with van der Waals surface area (Å²) in [4.78, 5) is 132. The lowest BCUT2D eigenvalue weighted by Gasteiger charge is -2.36. The largest absolute Gasteiger partial charge is 0.490 e.